The molecule has 17 heavy (non-hydrogen) atoms. The first-order valence-corrected chi connectivity index (χ1v) is 6.51. The fourth-order valence-electron chi connectivity index (χ4n) is 2.31. The maximum atomic E-state index is 9.40. The van der Waals surface area contributed by atoms with Gasteiger partial charge in [0.2, 0.25) is 0 Å². The van der Waals surface area contributed by atoms with E-state index in [2.05, 4.69) is 4.90 Å². The second kappa shape index (κ2) is 5.34. The summed E-state index contributed by atoms with van der Waals surface area (Å²) in [5, 5.41) is 10.4. The number of piperidine rings is 1. The van der Waals surface area contributed by atoms with Crippen molar-refractivity contribution in [3.63, 3.8) is 0 Å². The maximum Gasteiger partial charge on any atom is 0.0635 e. The summed E-state index contributed by atoms with van der Waals surface area (Å²) in [5.74, 6) is 0. The Kier molecular flexibility index (Phi) is 4.02. The minimum absolute atomic E-state index is 0.128. The lowest BCUT2D eigenvalue weighted by molar-refractivity contribution is 0.240. The summed E-state index contributed by atoms with van der Waals surface area (Å²) < 4.78 is 0. The van der Waals surface area contributed by atoms with E-state index in [4.69, 9.17) is 28.9 Å². The zero-order valence-electron chi connectivity index (χ0n) is 9.50. The quantitative estimate of drug-likeness (QED) is 0.816. The van der Waals surface area contributed by atoms with Crippen molar-refractivity contribution in [2.75, 3.05) is 23.8 Å². The van der Waals surface area contributed by atoms with Crippen LogP contribution in [0.15, 0.2) is 12.1 Å². The van der Waals surface area contributed by atoms with E-state index < -0.39 is 0 Å². The van der Waals surface area contributed by atoms with E-state index >= 15 is 0 Å². The van der Waals surface area contributed by atoms with Crippen molar-refractivity contribution in [1.82, 2.24) is 0 Å². The van der Waals surface area contributed by atoms with Gasteiger partial charge in [-0.25, -0.2) is 0 Å². The van der Waals surface area contributed by atoms with Gasteiger partial charge in [-0.05, 0) is 31.4 Å². The Hall–Kier alpha value is -0.640. The molecule has 1 saturated heterocycles. The van der Waals surface area contributed by atoms with Crippen LogP contribution in [0, 0.1) is 0 Å². The van der Waals surface area contributed by atoms with Gasteiger partial charge in [-0.15, -0.1) is 0 Å². The van der Waals surface area contributed by atoms with Crippen LogP contribution in [-0.2, 0) is 0 Å². The second-order valence-corrected chi connectivity index (χ2v) is 5.17. The van der Waals surface area contributed by atoms with Crippen LogP contribution in [0.2, 0.25) is 10.0 Å². The number of rotatable bonds is 2. The second-order valence-electron chi connectivity index (χ2n) is 4.35. The van der Waals surface area contributed by atoms with E-state index in [-0.39, 0.29) is 12.6 Å². The maximum absolute atomic E-state index is 9.40. The van der Waals surface area contributed by atoms with Gasteiger partial charge >= 0.3 is 0 Å². The van der Waals surface area contributed by atoms with Gasteiger partial charge in [0.1, 0.15) is 0 Å². The molecule has 0 radical (unpaired) electrons. The van der Waals surface area contributed by atoms with Gasteiger partial charge in [0.25, 0.3) is 0 Å². The van der Waals surface area contributed by atoms with Crippen molar-refractivity contribution in [1.29, 1.82) is 0 Å². The van der Waals surface area contributed by atoms with Gasteiger partial charge in [0, 0.05) is 6.54 Å². The smallest absolute Gasteiger partial charge is 0.0635 e. The molecule has 94 valence electrons. The number of aliphatic hydroxyl groups is 1. The molecule has 1 unspecified atom stereocenters. The number of nitrogens with zero attached hydrogens (tertiary/aromatic N) is 1. The zero-order valence-corrected chi connectivity index (χ0v) is 11.0. The first-order chi connectivity index (χ1) is 8.13. The lowest BCUT2D eigenvalue weighted by atomic mass is 10.0. The third-order valence-electron chi connectivity index (χ3n) is 3.22. The molecule has 3 N–H and O–H groups in total. The Morgan fingerprint density at radius 1 is 1.29 bits per heavy atom. The molecule has 1 aromatic carbocycles. The van der Waals surface area contributed by atoms with Crippen molar-refractivity contribution in [3.8, 4) is 0 Å². The van der Waals surface area contributed by atoms with Crippen LogP contribution in [0.5, 0.6) is 0 Å². The summed E-state index contributed by atoms with van der Waals surface area (Å²) >= 11 is 11.9. The lowest BCUT2D eigenvalue weighted by Crippen LogP contribution is -2.42. The Morgan fingerprint density at radius 3 is 2.71 bits per heavy atom. The van der Waals surface area contributed by atoms with E-state index in [0.717, 1.165) is 31.5 Å². The van der Waals surface area contributed by atoms with Gasteiger partial charge < -0.3 is 15.7 Å². The number of aliphatic hydroxyl groups excluding tert-OH is 1. The van der Waals surface area contributed by atoms with Crippen LogP contribution in [-0.4, -0.2) is 24.3 Å². The van der Waals surface area contributed by atoms with Gasteiger partial charge in [0.15, 0.2) is 0 Å². The highest BCUT2D eigenvalue weighted by Crippen LogP contribution is 2.35. The monoisotopic (exact) mass is 274 g/mol. The third-order valence-corrected chi connectivity index (χ3v) is 3.94. The number of halogens is 2. The van der Waals surface area contributed by atoms with E-state index in [1.165, 1.54) is 0 Å². The van der Waals surface area contributed by atoms with Gasteiger partial charge in [-0.3, -0.25) is 0 Å². The zero-order chi connectivity index (χ0) is 12.4. The number of hydrogen-bond donors (Lipinski definition) is 2. The highest BCUT2D eigenvalue weighted by molar-refractivity contribution is 6.42. The van der Waals surface area contributed by atoms with Crippen molar-refractivity contribution in [2.24, 2.45) is 0 Å². The van der Waals surface area contributed by atoms with E-state index in [1.54, 1.807) is 12.1 Å². The molecule has 0 amide bonds. The molecule has 0 saturated carbocycles. The molecule has 2 rings (SSSR count). The van der Waals surface area contributed by atoms with Gasteiger partial charge in [-0.1, -0.05) is 23.2 Å². The summed E-state index contributed by atoms with van der Waals surface area (Å²) in [6, 6.07) is 3.58. The number of hydrogen-bond acceptors (Lipinski definition) is 3. The van der Waals surface area contributed by atoms with E-state index in [9.17, 15) is 5.11 Å². The summed E-state index contributed by atoms with van der Waals surface area (Å²) in [4.78, 5) is 2.13. The molecule has 0 aromatic heterocycles. The molecule has 0 aliphatic carbocycles. The van der Waals surface area contributed by atoms with Crippen molar-refractivity contribution in [2.45, 2.75) is 25.3 Å². The predicted molar refractivity (Wildman–Crippen MR) is 72.9 cm³/mol. The normalized spacial score (nSPS) is 20.6. The minimum Gasteiger partial charge on any atom is -0.397 e. The highest BCUT2D eigenvalue weighted by Gasteiger charge is 2.24. The fraction of sp³-hybridized carbons (Fsp3) is 0.500. The number of benzene rings is 1. The predicted octanol–water partition coefficient (Wildman–Crippen LogP) is 2.93. The van der Waals surface area contributed by atoms with E-state index in [1.807, 2.05) is 0 Å². The van der Waals surface area contributed by atoms with Crippen molar-refractivity contribution >= 4 is 34.6 Å². The Bertz CT molecular complexity index is 412. The Balaban J connectivity index is 2.34. The summed E-state index contributed by atoms with van der Waals surface area (Å²) in [6.07, 6.45) is 3.23. The topological polar surface area (TPSA) is 49.5 Å². The van der Waals surface area contributed by atoms with Gasteiger partial charge in [0.05, 0.1) is 34.1 Å². The largest absolute Gasteiger partial charge is 0.397 e. The first-order valence-electron chi connectivity index (χ1n) is 5.75. The average Bonchev–Trinajstić information content (AvgIpc) is 2.34. The van der Waals surface area contributed by atoms with Crippen LogP contribution in [0.1, 0.15) is 19.3 Å². The standard InChI is InChI=1S/C12H16Cl2N2O/c13-9-5-11(15)12(6-10(9)14)16-4-2-1-3-8(16)7-17/h5-6,8,17H,1-4,7,15H2. The summed E-state index contributed by atoms with van der Waals surface area (Å²) in [7, 11) is 0. The molecule has 1 aliphatic rings. The Labute approximate surface area is 111 Å². The molecular weight excluding hydrogens is 259 g/mol. The molecule has 0 bridgehead atoms. The molecule has 5 heteroatoms. The van der Waals surface area contributed by atoms with Crippen LogP contribution in [0.4, 0.5) is 11.4 Å². The molecular formula is C12H16Cl2N2O. The number of anilines is 2. The molecule has 1 atom stereocenters. The van der Waals surface area contributed by atoms with Gasteiger partial charge in [-0.2, -0.15) is 0 Å². The molecule has 1 fully saturated rings. The molecule has 3 nitrogen and oxygen atoms in total. The first kappa shape index (κ1) is 12.8. The third kappa shape index (κ3) is 2.62. The van der Waals surface area contributed by atoms with Crippen LogP contribution in [0.3, 0.4) is 0 Å². The summed E-state index contributed by atoms with van der Waals surface area (Å²) in [5.41, 5.74) is 7.46. The van der Waals surface area contributed by atoms with Crippen LogP contribution < -0.4 is 10.6 Å². The minimum atomic E-state index is 0.128. The van der Waals surface area contributed by atoms with Crippen LogP contribution >= 0.6 is 23.2 Å². The average molecular weight is 275 g/mol. The fourth-order valence-corrected chi connectivity index (χ4v) is 2.64. The number of nitrogen functional groups attached to an aromatic ring is 1. The molecule has 1 aliphatic heterocycles. The lowest BCUT2D eigenvalue weighted by Gasteiger charge is -2.37. The van der Waals surface area contributed by atoms with Crippen molar-refractivity contribution < 1.29 is 5.11 Å². The van der Waals surface area contributed by atoms with E-state index in [0.29, 0.717) is 15.7 Å². The number of nitrogens with two attached hydrogens (primary N) is 1. The Morgan fingerprint density at radius 2 is 2.00 bits per heavy atom. The molecule has 1 heterocycles. The van der Waals surface area contributed by atoms with Crippen molar-refractivity contribution in [3.05, 3.63) is 22.2 Å². The molecule has 1 aromatic rings. The molecule has 0 spiro atoms. The SMILES string of the molecule is Nc1cc(Cl)c(Cl)cc1N1CCCCC1CO. The van der Waals surface area contributed by atoms with Crippen LogP contribution in [0.25, 0.3) is 0 Å². The highest BCUT2D eigenvalue weighted by atomic mass is 35.5. The summed E-state index contributed by atoms with van der Waals surface area (Å²) in [6.45, 7) is 1.03.